The van der Waals surface area contributed by atoms with Crippen LogP contribution in [0.2, 0.25) is 5.02 Å². The minimum atomic E-state index is 0.425. The third-order valence-electron chi connectivity index (χ3n) is 2.80. The van der Waals surface area contributed by atoms with Gasteiger partial charge in [-0.3, -0.25) is 0 Å². The molecule has 1 nitrogen and oxygen atoms in total. The Bertz CT molecular complexity index is 501. The molecule has 0 amide bonds. The SMILES string of the molecule is Clc1cccc(OCCC(Br)Cc2ccccc2)c1. The molecular weight excluding hydrogens is 324 g/mol. The van der Waals surface area contributed by atoms with Crippen molar-refractivity contribution in [2.75, 3.05) is 6.61 Å². The average Bonchev–Trinajstić information content (AvgIpc) is 2.40. The molecule has 0 aliphatic heterocycles. The van der Waals surface area contributed by atoms with Gasteiger partial charge in [0, 0.05) is 9.85 Å². The van der Waals surface area contributed by atoms with Crippen molar-refractivity contribution in [3.63, 3.8) is 0 Å². The number of hydrogen-bond donors (Lipinski definition) is 0. The van der Waals surface area contributed by atoms with E-state index in [1.807, 2.05) is 30.3 Å². The summed E-state index contributed by atoms with van der Waals surface area (Å²) in [5, 5.41) is 0.706. The molecule has 0 heterocycles. The van der Waals surface area contributed by atoms with Crippen LogP contribution in [-0.2, 0) is 6.42 Å². The van der Waals surface area contributed by atoms with E-state index in [4.69, 9.17) is 16.3 Å². The second-order valence-corrected chi connectivity index (χ2v) is 6.11. The summed E-state index contributed by atoms with van der Waals surface area (Å²) in [5.41, 5.74) is 1.34. The molecule has 0 aliphatic carbocycles. The lowest BCUT2D eigenvalue weighted by atomic mass is 10.1. The highest BCUT2D eigenvalue weighted by Crippen LogP contribution is 2.18. The summed E-state index contributed by atoms with van der Waals surface area (Å²) in [4.78, 5) is 0.425. The summed E-state index contributed by atoms with van der Waals surface area (Å²) in [6.45, 7) is 0.684. The van der Waals surface area contributed by atoms with Gasteiger partial charge in [0.25, 0.3) is 0 Å². The maximum Gasteiger partial charge on any atom is 0.120 e. The first-order valence-corrected chi connectivity index (χ1v) is 7.60. The topological polar surface area (TPSA) is 9.23 Å². The molecule has 0 aromatic heterocycles. The first kappa shape index (κ1) is 14.4. The normalized spacial score (nSPS) is 12.1. The van der Waals surface area contributed by atoms with Crippen molar-refractivity contribution < 1.29 is 4.74 Å². The molecular formula is C16H16BrClO. The van der Waals surface area contributed by atoms with E-state index in [1.165, 1.54) is 5.56 Å². The van der Waals surface area contributed by atoms with E-state index in [1.54, 1.807) is 0 Å². The van der Waals surface area contributed by atoms with Crippen LogP contribution in [0, 0.1) is 0 Å². The Morgan fingerprint density at radius 2 is 1.84 bits per heavy atom. The van der Waals surface area contributed by atoms with Gasteiger partial charge in [-0.15, -0.1) is 0 Å². The van der Waals surface area contributed by atoms with Crippen LogP contribution >= 0.6 is 27.5 Å². The number of ether oxygens (including phenoxy) is 1. The molecule has 0 fully saturated rings. The van der Waals surface area contributed by atoms with Crippen molar-refractivity contribution in [2.45, 2.75) is 17.7 Å². The second-order valence-electron chi connectivity index (χ2n) is 4.38. The van der Waals surface area contributed by atoms with Crippen LogP contribution in [0.25, 0.3) is 0 Å². The summed E-state index contributed by atoms with van der Waals surface area (Å²) < 4.78 is 5.68. The van der Waals surface area contributed by atoms with E-state index >= 15 is 0 Å². The van der Waals surface area contributed by atoms with Crippen LogP contribution in [0.1, 0.15) is 12.0 Å². The van der Waals surface area contributed by atoms with Crippen LogP contribution in [0.4, 0.5) is 0 Å². The summed E-state index contributed by atoms with van der Waals surface area (Å²) in [6, 6.07) is 18.0. The van der Waals surface area contributed by atoms with Gasteiger partial charge in [-0.2, -0.15) is 0 Å². The van der Waals surface area contributed by atoms with Gasteiger partial charge in [0.15, 0.2) is 0 Å². The van der Waals surface area contributed by atoms with Gasteiger partial charge in [0.2, 0.25) is 0 Å². The van der Waals surface area contributed by atoms with E-state index < -0.39 is 0 Å². The van der Waals surface area contributed by atoms with Crippen LogP contribution < -0.4 is 4.74 Å². The van der Waals surface area contributed by atoms with Crippen molar-refractivity contribution >= 4 is 27.5 Å². The number of hydrogen-bond acceptors (Lipinski definition) is 1. The maximum atomic E-state index is 5.90. The van der Waals surface area contributed by atoms with Crippen molar-refractivity contribution in [3.05, 3.63) is 65.2 Å². The zero-order valence-electron chi connectivity index (χ0n) is 10.6. The van der Waals surface area contributed by atoms with E-state index in [9.17, 15) is 0 Å². The largest absolute Gasteiger partial charge is 0.494 e. The Balaban J connectivity index is 1.73. The molecule has 0 radical (unpaired) electrons. The summed E-state index contributed by atoms with van der Waals surface area (Å²) in [7, 11) is 0. The van der Waals surface area contributed by atoms with Crippen LogP contribution in [0.5, 0.6) is 5.75 Å². The molecule has 1 unspecified atom stereocenters. The van der Waals surface area contributed by atoms with Gasteiger partial charge < -0.3 is 4.74 Å². The number of alkyl halides is 1. The molecule has 0 aliphatic rings. The number of benzene rings is 2. The fourth-order valence-corrected chi connectivity index (χ4v) is 2.57. The standard InChI is InChI=1S/C16H16BrClO/c17-14(11-13-5-2-1-3-6-13)9-10-19-16-8-4-7-15(18)12-16/h1-8,12,14H,9-11H2. The molecule has 0 N–H and O–H groups in total. The molecule has 0 saturated carbocycles. The quantitative estimate of drug-likeness (QED) is 0.664. The van der Waals surface area contributed by atoms with E-state index in [2.05, 4.69) is 40.2 Å². The predicted octanol–water partition coefficient (Wildman–Crippen LogP) is 5.12. The van der Waals surface area contributed by atoms with E-state index in [0.717, 1.165) is 18.6 Å². The Hall–Kier alpha value is -0.990. The minimum absolute atomic E-state index is 0.425. The zero-order valence-corrected chi connectivity index (χ0v) is 12.9. The lowest BCUT2D eigenvalue weighted by molar-refractivity contribution is 0.310. The van der Waals surface area contributed by atoms with Crippen molar-refractivity contribution in [3.8, 4) is 5.75 Å². The second kappa shape index (κ2) is 7.56. The Morgan fingerprint density at radius 1 is 1.05 bits per heavy atom. The Kier molecular flexibility index (Phi) is 5.74. The third kappa shape index (κ3) is 5.25. The van der Waals surface area contributed by atoms with Gasteiger partial charge in [-0.25, -0.2) is 0 Å². The average molecular weight is 340 g/mol. The molecule has 0 saturated heterocycles. The predicted molar refractivity (Wildman–Crippen MR) is 84.4 cm³/mol. The number of rotatable bonds is 6. The van der Waals surface area contributed by atoms with Gasteiger partial charge in [0.1, 0.15) is 5.75 Å². The molecule has 19 heavy (non-hydrogen) atoms. The van der Waals surface area contributed by atoms with Crippen LogP contribution in [-0.4, -0.2) is 11.4 Å². The van der Waals surface area contributed by atoms with Crippen molar-refractivity contribution in [1.29, 1.82) is 0 Å². The minimum Gasteiger partial charge on any atom is -0.494 e. The molecule has 100 valence electrons. The smallest absolute Gasteiger partial charge is 0.120 e. The lowest BCUT2D eigenvalue weighted by Crippen LogP contribution is -2.09. The van der Waals surface area contributed by atoms with E-state index in [0.29, 0.717) is 16.5 Å². The maximum absolute atomic E-state index is 5.90. The van der Waals surface area contributed by atoms with Crippen molar-refractivity contribution in [1.82, 2.24) is 0 Å². The molecule has 2 rings (SSSR count). The molecule has 0 spiro atoms. The van der Waals surface area contributed by atoms with Gasteiger partial charge >= 0.3 is 0 Å². The van der Waals surface area contributed by atoms with Gasteiger partial charge in [-0.1, -0.05) is 63.9 Å². The summed E-state index contributed by atoms with van der Waals surface area (Å²) >= 11 is 9.60. The Morgan fingerprint density at radius 3 is 2.58 bits per heavy atom. The van der Waals surface area contributed by atoms with Crippen molar-refractivity contribution in [2.24, 2.45) is 0 Å². The van der Waals surface area contributed by atoms with Crippen LogP contribution in [0.3, 0.4) is 0 Å². The zero-order chi connectivity index (χ0) is 13.5. The molecule has 2 aromatic rings. The fourth-order valence-electron chi connectivity index (χ4n) is 1.83. The molecule has 2 aromatic carbocycles. The first-order chi connectivity index (χ1) is 9.24. The first-order valence-electron chi connectivity index (χ1n) is 6.30. The molecule has 1 atom stereocenters. The van der Waals surface area contributed by atoms with Gasteiger partial charge in [-0.05, 0) is 36.6 Å². The van der Waals surface area contributed by atoms with Gasteiger partial charge in [0.05, 0.1) is 6.61 Å². The Labute approximate surface area is 127 Å². The highest BCUT2D eigenvalue weighted by Gasteiger charge is 2.06. The van der Waals surface area contributed by atoms with E-state index in [-0.39, 0.29) is 0 Å². The third-order valence-corrected chi connectivity index (χ3v) is 3.81. The number of halogens is 2. The fraction of sp³-hybridized carbons (Fsp3) is 0.250. The summed E-state index contributed by atoms with van der Waals surface area (Å²) in [6.07, 6.45) is 1.97. The monoisotopic (exact) mass is 338 g/mol. The van der Waals surface area contributed by atoms with Crippen LogP contribution in [0.15, 0.2) is 54.6 Å². The lowest BCUT2D eigenvalue weighted by Gasteiger charge is -2.11. The highest BCUT2D eigenvalue weighted by molar-refractivity contribution is 9.09. The summed E-state index contributed by atoms with van der Waals surface area (Å²) in [5.74, 6) is 0.826. The molecule has 3 heteroatoms. The highest BCUT2D eigenvalue weighted by atomic mass is 79.9. The molecule has 0 bridgehead atoms.